The molecular formula is C14H24IN5OS. The average molecular weight is 437 g/mol. The fraction of sp³-hybridized carbons (Fsp3) is 0.643. The Morgan fingerprint density at radius 3 is 2.95 bits per heavy atom. The quantitative estimate of drug-likeness (QED) is 0.428. The molecule has 1 unspecified atom stereocenters. The molecule has 1 saturated heterocycles. The topological polar surface area (TPSA) is 69.6 Å². The summed E-state index contributed by atoms with van der Waals surface area (Å²) < 4.78 is 0. The van der Waals surface area contributed by atoms with Gasteiger partial charge in [-0.25, -0.2) is 4.98 Å². The number of rotatable bonds is 4. The molecule has 2 heterocycles. The van der Waals surface area contributed by atoms with Gasteiger partial charge in [-0.3, -0.25) is 9.79 Å². The van der Waals surface area contributed by atoms with Crippen LogP contribution in [0.4, 0.5) is 0 Å². The second kappa shape index (κ2) is 9.29. The summed E-state index contributed by atoms with van der Waals surface area (Å²) in [6.07, 6.45) is 1.54. The van der Waals surface area contributed by atoms with E-state index in [4.69, 9.17) is 0 Å². The first kappa shape index (κ1) is 19.1. The summed E-state index contributed by atoms with van der Waals surface area (Å²) in [5.41, 5.74) is 2.91. The number of guanidine groups is 1. The lowest BCUT2D eigenvalue weighted by molar-refractivity contribution is -0.129. The zero-order valence-electron chi connectivity index (χ0n) is 13.3. The Balaban J connectivity index is 0.00000242. The summed E-state index contributed by atoms with van der Waals surface area (Å²) in [7, 11) is 1.76. The number of carbonyl (C=O) groups excluding carboxylic acids is 1. The minimum Gasteiger partial charge on any atom is -0.352 e. The Morgan fingerprint density at radius 1 is 1.59 bits per heavy atom. The van der Waals surface area contributed by atoms with E-state index in [1.165, 1.54) is 4.88 Å². The van der Waals surface area contributed by atoms with Gasteiger partial charge in [0.05, 0.1) is 17.7 Å². The van der Waals surface area contributed by atoms with Gasteiger partial charge in [0, 0.05) is 37.5 Å². The minimum absolute atomic E-state index is 0. The minimum atomic E-state index is 0. The van der Waals surface area contributed by atoms with Crippen molar-refractivity contribution in [2.24, 2.45) is 4.99 Å². The van der Waals surface area contributed by atoms with E-state index in [9.17, 15) is 4.79 Å². The molecule has 0 spiro atoms. The lowest BCUT2D eigenvalue weighted by Gasteiger charge is -2.18. The highest BCUT2D eigenvalue weighted by molar-refractivity contribution is 14.0. The molecule has 1 atom stereocenters. The molecular weight excluding hydrogens is 413 g/mol. The summed E-state index contributed by atoms with van der Waals surface area (Å²) >= 11 is 1.64. The lowest BCUT2D eigenvalue weighted by atomic mass is 10.3. The molecule has 1 aliphatic rings. The smallest absolute Gasteiger partial charge is 0.222 e. The standard InChI is InChI=1S/C14H23N5OS.HI/c1-4-13(20)19-6-5-11(8-19)18-14(15-3)16-7-12-10(2)17-9-21-12;/h9,11H,4-8H2,1-3H3,(H2,15,16,18);1H. The highest BCUT2D eigenvalue weighted by atomic mass is 127. The van der Waals surface area contributed by atoms with Gasteiger partial charge in [-0.2, -0.15) is 0 Å². The number of aromatic nitrogens is 1. The molecule has 0 radical (unpaired) electrons. The van der Waals surface area contributed by atoms with Gasteiger partial charge < -0.3 is 15.5 Å². The second-order valence-electron chi connectivity index (χ2n) is 5.11. The second-order valence-corrected chi connectivity index (χ2v) is 6.05. The van der Waals surface area contributed by atoms with Gasteiger partial charge in [-0.15, -0.1) is 35.3 Å². The van der Waals surface area contributed by atoms with E-state index in [1.807, 2.05) is 24.3 Å². The Kier molecular flexibility index (Phi) is 8.08. The molecule has 0 aromatic carbocycles. The number of likely N-dealkylation sites (tertiary alicyclic amines) is 1. The molecule has 22 heavy (non-hydrogen) atoms. The molecule has 2 N–H and O–H groups in total. The number of halogens is 1. The molecule has 1 aromatic rings. The van der Waals surface area contributed by atoms with Crippen LogP contribution >= 0.6 is 35.3 Å². The summed E-state index contributed by atoms with van der Waals surface area (Å²) in [5.74, 6) is 1.00. The Hall–Kier alpha value is -0.900. The first-order valence-corrected chi connectivity index (χ1v) is 8.16. The van der Waals surface area contributed by atoms with Gasteiger partial charge >= 0.3 is 0 Å². The van der Waals surface area contributed by atoms with E-state index in [-0.39, 0.29) is 35.9 Å². The monoisotopic (exact) mass is 437 g/mol. The van der Waals surface area contributed by atoms with Crippen LogP contribution in [0.1, 0.15) is 30.3 Å². The Bertz CT molecular complexity index is 519. The number of aryl methyl sites for hydroxylation is 1. The Labute approximate surface area is 152 Å². The molecule has 8 heteroatoms. The van der Waals surface area contributed by atoms with Gasteiger partial charge in [0.1, 0.15) is 0 Å². The van der Waals surface area contributed by atoms with Crippen molar-refractivity contribution < 1.29 is 4.79 Å². The highest BCUT2D eigenvalue weighted by Crippen LogP contribution is 2.12. The van der Waals surface area contributed by atoms with Crippen molar-refractivity contribution in [2.75, 3.05) is 20.1 Å². The molecule has 0 saturated carbocycles. The molecule has 1 aromatic heterocycles. The number of nitrogens with zero attached hydrogens (tertiary/aromatic N) is 3. The predicted octanol–water partition coefficient (Wildman–Crippen LogP) is 1.75. The predicted molar refractivity (Wildman–Crippen MR) is 101 cm³/mol. The molecule has 1 fully saturated rings. The van der Waals surface area contributed by atoms with Crippen molar-refractivity contribution in [2.45, 2.75) is 39.3 Å². The van der Waals surface area contributed by atoms with Gasteiger partial charge in [-0.05, 0) is 13.3 Å². The number of thiazole rings is 1. The van der Waals surface area contributed by atoms with Crippen LogP contribution in [-0.2, 0) is 11.3 Å². The van der Waals surface area contributed by atoms with E-state index in [1.54, 1.807) is 18.4 Å². The van der Waals surface area contributed by atoms with Gasteiger partial charge in [0.2, 0.25) is 5.91 Å². The third-order valence-corrected chi connectivity index (χ3v) is 4.60. The number of carbonyl (C=O) groups is 1. The van der Waals surface area contributed by atoms with E-state index >= 15 is 0 Å². The van der Waals surface area contributed by atoms with Crippen molar-refractivity contribution in [3.8, 4) is 0 Å². The van der Waals surface area contributed by atoms with E-state index in [2.05, 4.69) is 20.6 Å². The van der Waals surface area contributed by atoms with Crippen molar-refractivity contribution in [1.82, 2.24) is 20.5 Å². The third kappa shape index (κ3) is 5.08. The van der Waals surface area contributed by atoms with Gasteiger partial charge in [-0.1, -0.05) is 6.92 Å². The van der Waals surface area contributed by atoms with Crippen LogP contribution in [-0.4, -0.2) is 47.9 Å². The van der Waals surface area contributed by atoms with E-state index in [0.29, 0.717) is 6.42 Å². The number of amides is 1. The summed E-state index contributed by atoms with van der Waals surface area (Å²) in [4.78, 5) is 23.3. The first-order valence-electron chi connectivity index (χ1n) is 7.28. The number of aliphatic imine (C=N–C) groups is 1. The van der Waals surface area contributed by atoms with Crippen LogP contribution in [0.5, 0.6) is 0 Å². The van der Waals surface area contributed by atoms with Crippen LogP contribution in [0.25, 0.3) is 0 Å². The third-order valence-electron chi connectivity index (χ3n) is 3.67. The zero-order chi connectivity index (χ0) is 15.2. The number of hydrogen-bond acceptors (Lipinski definition) is 4. The molecule has 6 nitrogen and oxygen atoms in total. The van der Waals surface area contributed by atoms with Crippen LogP contribution in [0, 0.1) is 6.92 Å². The van der Waals surface area contributed by atoms with Crippen molar-refractivity contribution in [3.05, 3.63) is 16.1 Å². The van der Waals surface area contributed by atoms with Crippen molar-refractivity contribution in [1.29, 1.82) is 0 Å². The van der Waals surface area contributed by atoms with Crippen LogP contribution < -0.4 is 10.6 Å². The fourth-order valence-electron chi connectivity index (χ4n) is 2.38. The zero-order valence-corrected chi connectivity index (χ0v) is 16.4. The van der Waals surface area contributed by atoms with Crippen molar-refractivity contribution >= 4 is 47.2 Å². The van der Waals surface area contributed by atoms with Crippen molar-refractivity contribution in [3.63, 3.8) is 0 Å². The van der Waals surface area contributed by atoms with E-state index < -0.39 is 0 Å². The molecule has 1 amide bonds. The van der Waals surface area contributed by atoms with Crippen LogP contribution in [0.15, 0.2) is 10.5 Å². The van der Waals surface area contributed by atoms with Gasteiger partial charge in [0.15, 0.2) is 5.96 Å². The molecule has 124 valence electrons. The maximum atomic E-state index is 11.7. The number of nitrogens with one attached hydrogen (secondary N) is 2. The molecule has 2 rings (SSSR count). The highest BCUT2D eigenvalue weighted by Gasteiger charge is 2.25. The normalized spacial score (nSPS) is 18.0. The van der Waals surface area contributed by atoms with Crippen LogP contribution in [0.2, 0.25) is 0 Å². The molecule has 0 aliphatic carbocycles. The number of hydrogen-bond donors (Lipinski definition) is 2. The largest absolute Gasteiger partial charge is 0.352 e. The van der Waals surface area contributed by atoms with Crippen LogP contribution in [0.3, 0.4) is 0 Å². The first-order chi connectivity index (χ1) is 10.1. The van der Waals surface area contributed by atoms with E-state index in [0.717, 1.165) is 37.7 Å². The maximum absolute atomic E-state index is 11.7. The summed E-state index contributed by atoms with van der Waals surface area (Å²) in [5, 5.41) is 6.69. The van der Waals surface area contributed by atoms with Gasteiger partial charge in [0.25, 0.3) is 0 Å². The molecule has 1 aliphatic heterocycles. The maximum Gasteiger partial charge on any atom is 0.222 e. The fourth-order valence-corrected chi connectivity index (χ4v) is 3.09. The Morgan fingerprint density at radius 2 is 2.36 bits per heavy atom. The average Bonchev–Trinajstić information content (AvgIpc) is 3.11. The summed E-state index contributed by atoms with van der Waals surface area (Å²) in [6, 6.07) is 0.272. The summed E-state index contributed by atoms with van der Waals surface area (Å²) in [6.45, 7) is 6.22. The SMILES string of the molecule is CCC(=O)N1CCC(NC(=NC)NCc2scnc2C)C1.I. The molecule has 0 bridgehead atoms. The lowest BCUT2D eigenvalue weighted by Crippen LogP contribution is -2.44.